The fourth-order valence-electron chi connectivity index (χ4n) is 1.60. The number of benzene rings is 1. The van der Waals surface area contributed by atoms with Gasteiger partial charge in [-0.2, -0.15) is 0 Å². The first-order chi connectivity index (χ1) is 7.40. The normalized spacial score (nSPS) is 12.6. The predicted molar refractivity (Wildman–Crippen MR) is 58.9 cm³/mol. The minimum atomic E-state index is 0.103. The lowest BCUT2D eigenvalue weighted by molar-refractivity contribution is 0.525. The molecule has 0 amide bonds. The van der Waals surface area contributed by atoms with Crippen LogP contribution in [0.15, 0.2) is 53.3 Å². The van der Waals surface area contributed by atoms with E-state index in [1.54, 1.807) is 12.5 Å². The Morgan fingerprint density at radius 3 is 2.60 bits per heavy atom. The molecular weight excluding hydrogens is 188 g/mol. The molecule has 2 rings (SSSR count). The van der Waals surface area contributed by atoms with Crippen molar-refractivity contribution in [2.75, 3.05) is 0 Å². The van der Waals surface area contributed by atoms with Crippen LogP contribution >= 0.6 is 0 Å². The highest BCUT2D eigenvalue weighted by atomic mass is 16.3. The van der Waals surface area contributed by atoms with Gasteiger partial charge in [0.05, 0.1) is 18.6 Å². The maximum Gasteiger partial charge on any atom is 0.0950 e. The summed E-state index contributed by atoms with van der Waals surface area (Å²) in [5.74, 6) is 5.52. The quantitative estimate of drug-likeness (QED) is 0.589. The van der Waals surface area contributed by atoms with E-state index in [1.807, 2.05) is 24.3 Å². The molecule has 2 aromatic rings. The molecule has 15 heavy (non-hydrogen) atoms. The van der Waals surface area contributed by atoms with Crippen LogP contribution in [0.3, 0.4) is 0 Å². The maximum atomic E-state index is 5.52. The van der Waals surface area contributed by atoms with Crippen molar-refractivity contribution in [3.63, 3.8) is 0 Å². The second-order valence-electron chi connectivity index (χ2n) is 3.47. The Kier molecular flexibility index (Phi) is 3.17. The van der Waals surface area contributed by atoms with Gasteiger partial charge in [-0.1, -0.05) is 30.3 Å². The molecule has 78 valence electrons. The summed E-state index contributed by atoms with van der Waals surface area (Å²) in [6, 6.07) is 12.3. The lowest BCUT2D eigenvalue weighted by Crippen LogP contribution is -2.29. The van der Waals surface area contributed by atoms with Gasteiger partial charge in [-0.05, 0) is 18.1 Å². The maximum absolute atomic E-state index is 5.52. The molecule has 1 aromatic heterocycles. The third-order valence-corrected chi connectivity index (χ3v) is 2.43. The Balaban J connectivity index is 2.10. The average molecular weight is 202 g/mol. The number of hydrogen-bond acceptors (Lipinski definition) is 3. The van der Waals surface area contributed by atoms with Crippen LogP contribution < -0.4 is 11.3 Å². The van der Waals surface area contributed by atoms with E-state index in [0.29, 0.717) is 0 Å². The second-order valence-corrected chi connectivity index (χ2v) is 3.47. The Morgan fingerprint density at radius 2 is 2.00 bits per heavy atom. The fourth-order valence-corrected chi connectivity index (χ4v) is 1.60. The first-order valence-corrected chi connectivity index (χ1v) is 4.92. The monoisotopic (exact) mass is 202 g/mol. The number of rotatable bonds is 4. The van der Waals surface area contributed by atoms with Crippen LogP contribution in [-0.4, -0.2) is 0 Å². The third-order valence-electron chi connectivity index (χ3n) is 2.43. The molecule has 1 aromatic carbocycles. The van der Waals surface area contributed by atoms with Crippen molar-refractivity contribution in [3.8, 4) is 0 Å². The molecule has 0 saturated heterocycles. The summed E-state index contributed by atoms with van der Waals surface area (Å²) >= 11 is 0. The van der Waals surface area contributed by atoms with E-state index in [9.17, 15) is 0 Å². The molecule has 3 heteroatoms. The molecule has 0 aliphatic rings. The number of nitrogens with two attached hydrogens (primary N) is 1. The van der Waals surface area contributed by atoms with Crippen molar-refractivity contribution in [1.82, 2.24) is 5.43 Å². The Labute approximate surface area is 88.9 Å². The summed E-state index contributed by atoms with van der Waals surface area (Å²) in [7, 11) is 0. The average Bonchev–Trinajstić information content (AvgIpc) is 2.81. The SMILES string of the molecule is NNC(Cc1ccccc1)c1ccoc1. The molecule has 3 nitrogen and oxygen atoms in total. The van der Waals surface area contributed by atoms with Crippen LogP contribution in [0.2, 0.25) is 0 Å². The number of hydrogen-bond donors (Lipinski definition) is 2. The van der Waals surface area contributed by atoms with Crippen molar-refractivity contribution in [2.24, 2.45) is 5.84 Å². The van der Waals surface area contributed by atoms with E-state index in [-0.39, 0.29) is 6.04 Å². The number of furan rings is 1. The first-order valence-electron chi connectivity index (χ1n) is 4.92. The first kappa shape index (κ1) is 9.96. The van der Waals surface area contributed by atoms with E-state index < -0.39 is 0 Å². The molecule has 0 radical (unpaired) electrons. The fraction of sp³-hybridized carbons (Fsp3) is 0.167. The Morgan fingerprint density at radius 1 is 1.20 bits per heavy atom. The van der Waals surface area contributed by atoms with Crippen molar-refractivity contribution < 1.29 is 4.42 Å². The summed E-state index contributed by atoms with van der Waals surface area (Å²) in [5.41, 5.74) is 5.12. The second kappa shape index (κ2) is 4.77. The van der Waals surface area contributed by atoms with E-state index in [1.165, 1.54) is 5.56 Å². The van der Waals surface area contributed by atoms with Gasteiger partial charge in [0, 0.05) is 5.56 Å². The van der Waals surface area contributed by atoms with Gasteiger partial charge in [0.25, 0.3) is 0 Å². The van der Waals surface area contributed by atoms with Crippen LogP contribution in [0.25, 0.3) is 0 Å². The van der Waals surface area contributed by atoms with Gasteiger partial charge in [0.15, 0.2) is 0 Å². The molecule has 1 atom stereocenters. The largest absolute Gasteiger partial charge is 0.472 e. The highest BCUT2D eigenvalue weighted by molar-refractivity contribution is 5.20. The summed E-state index contributed by atoms with van der Waals surface area (Å²) in [5, 5.41) is 0. The van der Waals surface area contributed by atoms with Gasteiger partial charge < -0.3 is 4.42 Å². The summed E-state index contributed by atoms with van der Waals surface area (Å²) in [6.45, 7) is 0. The van der Waals surface area contributed by atoms with Crippen LogP contribution in [0.5, 0.6) is 0 Å². The zero-order valence-corrected chi connectivity index (χ0v) is 8.39. The third kappa shape index (κ3) is 2.46. The van der Waals surface area contributed by atoms with Crippen molar-refractivity contribution in [2.45, 2.75) is 12.5 Å². The van der Waals surface area contributed by atoms with Crippen LogP contribution in [0.1, 0.15) is 17.2 Å². The van der Waals surface area contributed by atoms with Gasteiger partial charge in [-0.15, -0.1) is 0 Å². The summed E-state index contributed by atoms with van der Waals surface area (Å²) < 4.78 is 5.04. The van der Waals surface area contributed by atoms with E-state index in [4.69, 9.17) is 10.3 Å². The molecule has 0 saturated carbocycles. The van der Waals surface area contributed by atoms with E-state index in [0.717, 1.165) is 12.0 Å². The number of hydrazine groups is 1. The van der Waals surface area contributed by atoms with Crippen LogP contribution in [0, 0.1) is 0 Å². The van der Waals surface area contributed by atoms with Crippen molar-refractivity contribution in [3.05, 3.63) is 60.1 Å². The van der Waals surface area contributed by atoms with E-state index >= 15 is 0 Å². The zero-order chi connectivity index (χ0) is 10.5. The zero-order valence-electron chi connectivity index (χ0n) is 8.39. The van der Waals surface area contributed by atoms with E-state index in [2.05, 4.69) is 17.6 Å². The van der Waals surface area contributed by atoms with Gasteiger partial charge in [0.1, 0.15) is 0 Å². The summed E-state index contributed by atoms with van der Waals surface area (Å²) in [4.78, 5) is 0. The molecule has 0 aliphatic carbocycles. The molecule has 1 unspecified atom stereocenters. The highest BCUT2D eigenvalue weighted by Gasteiger charge is 2.10. The lowest BCUT2D eigenvalue weighted by Gasteiger charge is -2.13. The summed E-state index contributed by atoms with van der Waals surface area (Å²) in [6.07, 6.45) is 4.23. The minimum absolute atomic E-state index is 0.103. The van der Waals surface area contributed by atoms with Crippen LogP contribution in [0.4, 0.5) is 0 Å². The highest BCUT2D eigenvalue weighted by Crippen LogP contribution is 2.17. The number of nitrogens with one attached hydrogen (secondary N) is 1. The van der Waals surface area contributed by atoms with Gasteiger partial charge in [0.2, 0.25) is 0 Å². The minimum Gasteiger partial charge on any atom is -0.472 e. The Hall–Kier alpha value is -1.58. The molecule has 0 fully saturated rings. The molecule has 0 bridgehead atoms. The molecule has 3 N–H and O–H groups in total. The lowest BCUT2D eigenvalue weighted by atomic mass is 10.0. The molecule has 1 heterocycles. The van der Waals surface area contributed by atoms with Gasteiger partial charge >= 0.3 is 0 Å². The molecule has 0 spiro atoms. The predicted octanol–water partition coefficient (Wildman–Crippen LogP) is 2.03. The topological polar surface area (TPSA) is 51.2 Å². The van der Waals surface area contributed by atoms with Gasteiger partial charge in [-0.3, -0.25) is 11.3 Å². The molecular formula is C12H14N2O. The smallest absolute Gasteiger partial charge is 0.0950 e. The van der Waals surface area contributed by atoms with Crippen molar-refractivity contribution in [1.29, 1.82) is 0 Å². The standard InChI is InChI=1S/C12H14N2O/c13-14-12(11-6-7-15-9-11)8-10-4-2-1-3-5-10/h1-7,9,12,14H,8,13H2. The molecule has 0 aliphatic heterocycles. The van der Waals surface area contributed by atoms with Gasteiger partial charge in [-0.25, -0.2) is 0 Å². The van der Waals surface area contributed by atoms with Crippen LogP contribution in [-0.2, 0) is 6.42 Å². The van der Waals surface area contributed by atoms with Crippen molar-refractivity contribution >= 4 is 0 Å². The Bertz CT molecular complexity index is 383.